The first-order valence-corrected chi connectivity index (χ1v) is 13.5. The van der Waals surface area contributed by atoms with E-state index < -0.39 is 5.82 Å². The number of fused-ring (bicyclic) bond motifs is 2. The molecule has 6 heterocycles. The first-order chi connectivity index (χ1) is 19.4. The molecule has 6 rings (SSSR count). The lowest BCUT2D eigenvalue weighted by atomic mass is 9.98. The lowest BCUT2D eigenvalue weighted by Gasteiger charge is -2.33. The highest BCUT2D eigenvalue weighted by Gasteiger charge is 2.26. The first-order valence-electron chi connectivity index (χ1n) is 13.5. The predicted molar refractivity (Wildman–Crippen MR) is 155 cm³/mol. The third-order valence-corrected chi connectivity index (χ3v) is 7.22. The van der Waals surface area contributed by atoms with E-state index in [4.69, 9.17) is 4.98 Å². The van der Waals surface area contributed by atoms with Gasteiger partial charge in [0.15, 0.2) is 11.6 Å². The molecule has 1 amide bonds. The number of carbonyl (C=O) groups is 1. The average Bonchev–Trinajstić information content (AvgIpc) is 3.38. The largest absolute Gasteiger partial charge is 0.380 e. The van der Waals surface area contributed by atoms with Gasteiger partial charge < -0.3 is 25.4 Å². The molecule has 0 aliphatic carbocycles. The van der Waals surface area contributed by atoms with Gasteiger partial charge in [0.2, 0.25) is 5.91 Å². The minimum Gasteiger partial charge on any atom is -0.380 e. The highest BCUT2D eigenvalue weighted by atomic mass is 19.1. The number of aromatic amines is 1. The van der Waals surface area contributed by atoms with Gasteiger partial charge in [-0.2, -0.15) is 0 Å². The number of likely N-dealkylation sites (N-methyl/N-ethyl adjacent to an activating group) is 1. The maximum Gasteiger partial charge on any atom is 0.224 e. The maximum atomic E-state index is 16.3. The summed E-state index contributed by atoms with van der Waals surface area (Å²) in [6, 6.07) is 3.59. The van der Waals surface area contributed by atoms with Crippen molar-refractivity contribution in [3.8, 4) is 11.3 Å². The van der Waals surface area contributed by atoms with Gasteiger partial charge in [-0.15, -0.1) is 0 Å². The number of hydrogen-bond donors (Lipinski definition) is 3. The van der Waals surface area contributed by atoms with E-state index in [1.54, 1.807) is 30.9 Å². The second-order valence-electron chi connectivity index (χ2n) is 10.7. The molecular formula is C29H32FN9O. The second kappa shape index (κ2) is 10.6. The zero-order valence-electron chi connectivity index (χ0n) is 22.8. The third-order valence-electron chi connectivity index (χ3n) is 7.22. The maximum absolute atomic E-state index is 16.3. The molecule has 0 atom stereocenters. The van der Waals surface area contributed by atoms with Gasteiger partial charge in [-0.05, 0) is 25.1 Å². The molecule has 40 heavy (non-hydrogen) atoms. The summed E-state index contributed by atoms with van der Waals surface area (Å²) in [6.07, 6.45) is 8.82. The van der Waals surface area contributed by atoms with E-state index in [0.29, 0.717) is 46.9 Å². The Morgan fingerprint density at radius 2 is 1.98 bits per heavy atom. The van der Waals surface area contributed by atoms with Crippen LogP contribution >= 0.6 is 0 Å². The lowest BCUT2D eigenvalue weighted by Crippen LogP contribution is -2.44. The standard InChI is InChI=1S/C29H32FN9O/c1-17(2)12-23(40)35-19-13-18(14-31-15-19)26-25(30)24-20(4-6-32-22(24)16-34-26)28-36-21-5-7-33-29(27(21)37-28)39-10-8-38(3)9-11-39/h4-5,7,13-17,32H,6,8-12H2,1-3H3,(H,35,40)(H,36,37). The summed E-state index contributed by atoms with van der Waals surface area (Å²) in [6.45, 7) is 8.12. The van der Waals surface area contributed by atoms with Gasteiger partial charge in [-0.1, -0.05) is 19.9 Å². The van der Waals surface area contributed by atoms with Crippen molar-refractivity contribution in [3.63, 3.8) is 0 Å². The van der Waals surface area contributed by atoms with Crippen LogP contribution in [0.25, 0.3) is 27.9 Å². The number of amides is 1. The molecule has 0 spiro atoms. The molecule has 11 heteroatoms. The van der Waals surface area contributed by atoms with Crippen molar-refractivity contribution in [2.75, 3.05) is 55.3 Å². The van der Waals surface area contributed by atoms with Gasteiger partial charge in [-0.25, -0.2) is 14.4 Å². The number of hydrogen-bond acceptors (Lipinski definition) is 8. The number of aromatic nitrogens is 5. The minimum absolute atomic E-state index is 0.113. The Morgan fingerprint density at radius 1 is 1.15 bits per heavy atom. The molecule has 2 aliphatic heterocycles. The SMILES string of the molecule is CC(C)CC(=O)Nc1cncc(-c2ncc3c(c2F)C(c2nc4c(N5CCN(C)CC5)nccc4[nH]2)=CCN3)c1. The topological polar surface area (TPSA) is 115 Å². The Bertz CT molecular complexity index is 1600. The molecule has 0 aromatic carbocycles. The molecule has 2 aliphatic rings. The van der Waals surface area contributed by atoms with Crippen molar-refractivity contribution in [2.45, 2.75) is 20.3 Å². The number of nitrogens with one attached hydrogen (secondary N) is 3. The molecule has 0 saturated carbocycles. The predicted octanol–water partition coefficient (Wildman–Crippen LogP) is 4.15. The molecule has 0 radical (unpaired) electrons. The quantitative estimate of drug-likeness (QED) is 0.334. The highest BCUT2D eigenvalue weighted by molar-refractivity contribution is 5.94. The number of halogens is 1. The summed E-state index contributed by atoms with van der Waals surface area (Å²) >= 11 is 0. The fourth-order valence-corrected chi connectivity index (χ4v) is 5.18. The molecule has 3 N–H and O–H groups in total. The summed E-state index contributed by atoms with van der Waals surface area (Å²) in [4.78, 5) is 38.4. The van der Waals surface area contributed by atoms with Crippen molar-refractivity contribution in [3.05, 3.63) is 60.2 Å². The van der Waals surface area contributed by atoms with Crippen LogP contribution in [-0.2, 0) is 4.79 Å². The molecule has 1 fully saturated rings. The Kier molecular flexibility index (Phi) is 6.89. The van der Waals surface area contributed by atoms with Gasteiger partial charge in [0.25, 0.3) is 0 Å². The van der Waals surface area contributed by atoms with E-state index in [2.05, 4.69) is 47.4 Å². The van der Waals surface area contributed by atoms with Crippen LogP contribution in [0, 0.1) is 11.7 Å². The molecule has 0 bridgehead atoms. The van der Waals surface area contributed by atoms with Crippen molar-refractivity contribution >= 4 is 39.7 Å². The Hall–Kier alpha value is -4.38. The summed E-state index contributed by atoms with van der Waals surface area (Å²) in [7, 11) is 2.12. The fraction of sp³-hybridized carbons (Fsp3) is 0.345. The molecule has 0 unspecified atom stereocenters. The van der Waals surface area contributed by atoms with Crippen molar-refractivity contribution in [1.82, 2.24) is 29.8 Å². The number of anilines is 3. The van der Waals surface area contributed by atoms with E-state index in [0.717, 1.165) is 43.0 Å². The van der Waals surface area contributed by atoms with Crippen molar-refractivity contribution in [2.24, 2.45) is 5.92 Å². The fourth-order valence-electron chi connectivity index (χ4n) is 5.18. The summed E-state index contributed by atoms with van der Waals surface area (Å²) < 4.78 is 16.3. The second-order valence-corrected chi connectivity index (χ2v) is 10.7. The van der Waals surface area contributed by atoms with Gasteiger partial charge in [0.05, 0.1) is 29.3 Å². The average molecular weight is 542 g/mol. The molecule has 206 valence electrons. The Balaban J connectivity index is 1.36. The zero-order chi connectivity index (χ0) is 27.8. The summed E-state index contributed by atoms with van der Waals surface area (Å²) in [5, 5.41) is 6.07. The van der Waals surface area contributed by atoms with E-state index in [-0.39, 0.29) is 17.5 Å². The number of piperazine rings is 1. The minimum atomic E-state index is -0.485. The van der Waals surface area contributed by atoms with Crippen LogP contribution in [-0.4, -0.2) is 75.5 Å². The van der Waals surface area contributed by atoms with Crippen molar-refractivity contribution < 1.29 is 9.18 Å². The van der Waals surface area contributed by atoms with Gasteiger partial charge >= 0.3 is 0 Å². The zero-order valence-corrected chi connectivity index (χ0v) is 22.8. The summed E-state index contributed by atoms with van der Waals surface area (Å²) in [5.41, 5.74) is 4.37. The van der Waals surface area contributed by atoms with Crippen molar-refractivity contribution in [1.29, 1.82) is 0 Å². The van der Waals surface area contributed by atoms with E-state index in [1.807, 2.05) is 26.0 Å². The molecule has 4 aromatic heterocycles. The van der Waals surface area contributed by atoms with Crippen LogP contribution in [0.3, 0.4) is 0 Å². The van der Waals surface area contributed by atoms with Crippen LogP contribution in [0.4, 0.5) is 21.6 Å². The summed E-state index contributed by atoms with van der Waals surface area (Å²) in [5.74, 6) is 1.03. The van der Waals surface area contributed by atoms with E-state index in [1.165, 1.54) is 0 Å². The van der Waals surface area contributed by atoms with Gasteiger partial charge in [-0.3, -0.25) is 14.8 Å². The number of nitrogens with zero attached hydrogens (tertiary/aromatic N) is 6. The molecule has 10 nitrogen and oxygen atoms in total. The monoisotopic (exact) mass is 541 g/mol. The van der Waals surface area contributed by atoms with E-state index >= 15 is 4.39 Å². The molecule has 4 aromatic rings. The smallest absolute Gasteiger partial charge is 0.224 e. The van der Waals surface area contributed by atoms with Crippen LogP contribution in [0.15, 0.2) is 43.0 Å². The normalized spacial score (nSPS) is 15.6. The lowest BCUT2D eigenvalue weighted by molar-refractivity contribution is -0.116. The van der Waals surface area contributed by atoms with Crippen LogP contribution in [0.5, 0.6) is 0 Å². The van der Waals surface area contributed by atoms with Crippen LogP contribution in [0.2, 0.25) is 0 Å². The molecular weight excluding hydrogens is 509 g/mol. The van der Waals surface area contributed by atoms with Gasteiger partial charge in [0.1, 0.15) is 17.0 Å². The first kappa shape index (κ1) is 25.9. The highest BCUT2D eigenvalue weighted by Crippen LogP contribution is 2.38. The number of pyridine rings is 3. The number of carbonyl (C=O) groups excluding carboxylic acids is 1. The number of imidazole rings is 1. The molecule has 1 saturated heterocycles. The third kappa shape index (κ3) is 5.00. The number of rotatable bonds is 6. The van der Waals surface area contributed by atoms with E-state index in [9.17, 15) is 4.79 Å². The Labute approximate surface area is 231 Å². The van der Waals surface area contributed by atoms with Gasteiger partial charge in [0, 0.05) is 68.2 Å². The van der Waals surface area contributed by atoms with Crippen LogP contribution < -0.4 is 15.5 Å². The van der Waals surface area contributed by atoms with Crippen LogP contribution in [0.1, 0.15) is 31.7 Å². The Morgan fingerprint density at radius 3 is 2.77 bits per heavy atom. The number of H-pyrrole nitrogens is 1.